The van der Waals surface area contributed by atoms with Crippen molar-refractivity contribution in [1.29, 1.82) is 0 Å². The number of hydrogen-bond donors (Lipinski definition) is 1. The molecule has 10 heteroatoms. The molecule has 41 heavy (non-hydrogen) atoms. The van der Waals surface area contributed by atoms with Crippen LogP contribution in [0.2, 0.25) is 0 Å². The molecular weight excluding hydrogens is 547 g/mol. The number of rotatable bonds is 12. The third-order valence-corrected chi connectivity index (χ3v) is 7.84. The zero-order valence-corrected chi connectivity index (χ0v) is 24.6. The molecule has 4 aromatic rings. The van der Waals surface area contributed by atoms with Gasteiger partial charge in [0.15, 0.2) is 10.8 Å². The number of methoxy groups -OCH3 is 1. The molecule has 2 aromatic carbocycles. The molecule has 0 saturated carbocycles. The summed E-state index contributed by atoms with van der Waals surface area (Å²) in [4.78, 5) is 10.5. The summed E-state index contributed by atoms with van der Waals surface area (Å²) in [7, 11) is 3.58. The van der Waals surface area contributed by atoms with Gasteiger partial charge in [-0.3, -0.25) is 9.21 Å². The highest BCUT2D eigenvalue weighted by atomic mass is 32.2. The van der Waals surface area contributed by atoms with Gasteiger partial charge in [-0.05, 0) is 69.3 Å². The Hall–Kier alpha value is -3.76. The molecule has 2 heterocycles. The highest BCUT2D eigenvalue weighted by Gasteiger charge is 2.19. The van der Waals surface area contributed by atoms with Crippen molar-refractivity contribution in [3.63, 3.8) is 0 Å². The first kappa shape index (κ1) is 30.2. The van der Waals surface area contributed by atoms with Gasteiger partial charge in [-0.1, -0.05) is 30.3 Å². The van der Waals surface area contributed by atoms with Crippen LogP contribution < -0.4 is 14.4 Å². The van der Waals surface area contributed by atoms with Crippen LogP contribution in [-0.4, -0.2) is 35.1 Å². The lowest BCUT2D eigenvalue weighted by molar-refractivity contribution is 0.264. The maximum Gasteiger partial charge on any atom is 0.214 e. The summed E-state index contributed by atoms with van der Waals surface area (Å²) in [6.45, 7) is 6.89. The Morgan fingerprint density at radius 2 is 1.71 bits per heavy atom. The number of anilines is 2. The largest absolute Gasteiger partial charge is 0.497 e. The molecule has 0 aliphatic carbocycles. The smallest absolute Gasteiger partial charge is 0.214 e. The van der Waals surface area contributed by atoms with Gasteiger partial charge in [0.05, 0.1) is 25.5 Å². The lowest BCUT2D eigenvalue weighted by atomic mass is 10.1. The Morgan fingerprint density at radius 3 is 2.39 bits per heavy atom. The maximum absolute atomic E-state index is 15.7. The molecule has 216 valence electrons. The van der Waals surface area contributed by atoms with E-state index in [2.05, 4.69) is 34.0 Å². The third kappa shape index (κ3) is 7.71. The van der Waals surface area contributed by atoms with Crippen LogP contribution in [0, 0.1) is 24.5 Å². The lowest BCUT2D eigenvalue weighted by Gasteiger charge is -2.24. The molecule has 1 N–H and O–H groups in total. The van der Waals surface area contributed by atoms with Crippen LogP contribution in [-0.2, 0) is 19.6 Å². The molecule has 6 nitrogen and oxygen atoms in total. The van der Waals surface area contributed by atoms with E-state index in [-0.39, 0.29) is 17.4 Å². The Morgan fingerprint density at radius 1 is 0.976 bits per heavy atom. The van der Waals surface area contributed by atoms with E-state index < -0.39 is 11.8 Å². The SMILES string of the molecule is COc1ccc(CN(Sc2ncc(NCc3c(F)cccc3CN(C)C(C)C)c(C)c2F)c2cccc(F)n2)cc1. The highest BCUT2D eigenvalue weighted by Crippen LogP contribution is 2.33. The van der Waals surface area contributed by atoms with Crippen molar-refractivity contribution in [2.75, 3.05) is 23.8 Å². The molecule has 4 rings (SSSR count). The van der Waals surface area contributed by atoms with Crippen molar-refractivity contribution >= 4 is 23.5 Å². The van der Waals surface area contributed by atoms with E-state index in [1.54, 1.807) is 36.5 Å². The van der Waals surface area contributed by atoms with Crippen molar-refractivity contribution in [1.82, 2.24) is 14.9 Å². The second-order valence-electron chi connectivity index (χ2n) is 9.95. The quantitative estimate of drug-likeness (QED) is 0.138. The minimum Gasteiger partial charge on any atom is -0.497 e. The maximum atomic E-state index is 15.7. The predicted molar refractivity (Wildman–Crippen MR) is 158 cm³/mol. The molecule has 0 unspecified atom stereocenters. The van der Waals surface area contributed by atoms with Crippen molar-refractivity contribution in [3.8, 4) is 5.75 Å². The fraction of sp³-hybridized carbons (Fsp3) is 0.290. The molecule has 0 fully saturated rings. The molecule has 2 aromatic heterocycles. The first-order chi connectivity index (χ1) is 19.7. The van der Waals surface area contributed by atoms with E-state index in [0.717, 1.165) is 23.1 Å². The number of ether oxygens (including phenoxy) is 1. The first-order valence-electron chi connectivity index (χ1n) is 13.2. The number of hydrogen-bond acceptors (Lipinski definition) is 7. The van der Waals surface area contributed by atoms with Gasteiger partial charge in [-0.25, -0.2) is 18.7 Å². The van der Waals surface area contributed by atoms with Crippen LogP contribution in [0.4, 0.5) is 24.7 Å². The number of benzene rings is 2. The summed E-state index contributed by atoms with van der Waals surface area (Å²) in [5.41, 5.74) is 3.09. The predicted octanol–water partition coefficient (Wildman–Crippen LogP) is 7.38. The van der Waals surface area contributed by atoms with Gasteiger partial charge in [0.1, 0.15) is 17.4 Å². The van der Waals surface area contributed by atoms with Gasteiger partial charge in [0.25, 0.3) is 0 Å². The average molecular weight is 582 g/mol. The standard InChI is InChI=1S/C31H34F3N5OS/c1-20(2)38(4)19-23-8-6-9-26(32)25(23)16-35-27-17-36-31(30(34)21(27)3)41-39(29-11-7-10-28(33)37-29)18-22-12-14-24(40-5)15-13-22/h6-15,17,20,35H,16,18-19H2,1-5H3. The molecule has 0 atom stereocenters. The minimum atomic E-state index is -0.640. The fourth-order valence-electron chi connectivity index (χ4n) is 4.08. The van der Waals surface area contributed by atoms with Crippen LogP contribution in [0.25, 0.3) is 0 Å². The van der Waals surface area contributed by atoms with Crippen molar-refractivity contribution in [2.24, 2.45) is 0 Å². The average Bonchev–Trinajstić information content (AvgIpc) is 2.96. The zero-order chi connectivity index (χ0) is 29.5. The van der Waals surface area contributed by atoms with Gasteiger partial charge in [0, 0.05) is 42.2 Å². The van der Waals surface area contributed by atoms with E-state index >= 15 is 4.39 Å². The summed E-state index contributed by atoms with van der Waals surface area (Å²) >= 11 is 1.03. The number of aromatic nitrogens is 2. The molecule has 0 saturated heterocycles. The second kappa shape index (κ2) is 13.7. The van der Waals surface area contributed by atoms with Crippen molar-refractivity contribution in [3.05, 3.63) is 107 Å². The summed E-state index contributed by atoms with van der Waals surface area (Å²) in [5, 5.41) is 3.28. The monoisotopic (exact) mass is 581 g/mol. The molecule has 0 aliphatic rings. The van der Waals surface area contributed by atoms with Gasteiger partial charge in [-0.15, -0.1) is 0 Å². The van der Waals surface area contributed by atoms with E-state index in [4.69, 9.17) is 4.74 Å². The Balaban J connectivity index is 1.55. The topological polar surface area (TPSA) is 53.5 Å². The summed E-state index contributed by atoms with van der Waals surface area (Å²) in [6, 6.07) is 17.2. The van der Waals surface area contributed by atoms with Crippen LogP contribution in [0.15, 0.2) is 71.9 Å². The van der Waals surface area contributed by atoms with Gasteiger partial charge < -0.3 is 10.1 Å². The van der Waals surface area contributed by atoms with Crippen molar-refractivity contribution < 1.29 is 17.9 Å². The van der Waals surface area contributed by atoms with Crippen LogP contribution in [0.1, 0.15) is 36.1 Å². The molecule has 0 radical (unpaired) electrons. The Labute approximate surface area is 243 Å². The third-order valence-electron chi connectivity index (χ3n) is 6.84. The van der Waals surface area contributed by atoms with Crippen LogP contribution in [0.5, 0.6) is 5.75 Å². The summed E-state index contributed by atoms with van der Waals surface area (Å²) in [5.74, 6) is -0.450. The van der Waals surface area contributed by atoms with Crippen LogP contribution in [0.3, 0.4) is 0 Å². The summed E-state index contributed by atoms with van der Waals surface area (Å²) < 4.78 is 51.4. The normalized spacial score (nSPS) is 11.3. The second-order valence-corrected chi connectivity index (χ2v) is 11.0. The Bertz CT molecular complexity index is 1470. The number of nitrogens with zero attached hydrogens (tertiary/aromatic N) is 4. The molecule has 0 bridgehead atoms. The molecule has 0 spiro atoms. The highest BCUT2D eigenvalue weighted by molar-refractivity contribution is 8.00. The van der Waals surface area contributed by atoms with Gasteiger partial charge >= 0.3 is 0 Å². The van der Waals surface area contributed by atoms with E-state index in [1.807, 2.05) is 37.4 Å². The number of nitrogens with one attached hydrogen (secondary N) is 1. The minimum absolute atomic E-state index is 0.109. The van der Waals surface area contributed by atoms with Gasteiger partial charge in [-0.2, -0.15) is 4.39 Å². The first-order valence-corrected chi connectivity index (χ1v) is 14.0. The lowest BCUT2D eigenvalue weighted by Crippen LogP contribution is -2.26. The number of halogens is 3. The van der Waals surface area contributed by atoms with E-state index in [9.17, 15) is 8.78 Å². The zero-order valence-electron chi connectivity index (χ0n) is 23.8. The molecular formula is C31H34F3N5OS. The van der Waals surface area contributed by atoms with Crippen LogP contribution >= 0.6 is 11.9 Å². The molecule has 0 amide bonds. The number of pyridine rings is 2. The van der Waals surface area contributed by atoms with E-state index in [1.165, 1.54) is 18.3 Å². The fourth-order valence-corrected chi connectivity index (χ4v) is 5.03. The molecule has 0 aliphatic heterocycles. The summed E-state index contributed by atoms with van der Waals surface area (Å²) in [6.07, 6.45) is 1.53. The van der Waals surface area contributed by atoms with E-state index in [0.29, 0.717) is 47.5 Å². The Kier molecular flexibility index (Phi) is 10.1. The van der Waals surface area contributed by atoms with Gasteiger partial charge in [0.2, 0.25) is 5.95 Å². The van der Waals surface area contributed by atoms with Crippen molar-refractivity contribution in [2.45, 2.75) is 51.5 Å².